The smallest absolute Gasteiger partial charge is 0.150 e. The number of Topliss-reactive ketones (excluding diaryl/α,β-unsaturated/α-hetero) is 1. The maximum absolute atomic E-state index is 12.1. The van der Waals surface area contributed by atoms with Crippen molar-refractivity contribution in [1.29, 1.82) is 0 Å². The molecule has 0 radical (unpaired) electrons. The summed E-state index contributed by atoms with van der Waals surface area (Å²) in [6, 6.07) is 0. The van der Waals surface area contributed by atoms with Crippen LogP contribution >= 0.6 is 0 Å². The van der Waals surface area contributed by atoms with Crippen LogP contribution in [0.4, 0.5) is 0 Å². The second kappa shape index (κ2) is 12.0. The lowest BCUT2D eigenvalue weighted by Crippen LogP contribution is -2.28. The predicted octanol–water partition coefficient (Wildman–Crippen LogP) is 2.65. The third-order valence-electron chi connectivity index (χ3n) is 4.05. The lowest BCUT2D eigenvalue weighted by molar-refractivity contribution is -0.123. The molecule has 0 bridgehead atoms. The van der Waals surface area contributed by atoms with Crippen LogP contribution in [0.2, 0.25) is 0 Å². The van der Waals surface area contributed by atoms with E-state index in [2.05, 4.69) is 13.8 Å². The predicted molar refractivity (Wildman–Crippen MR) is 100 cm³/mol. The molecule has 0 spiro atoms. The Labute approximate surface area is 149 Å². The Morgan fingerprint density at radius 2 is 1.58 bits per heavy atom. The summed E-state index contributed by atoms with van der Waals surface area (Å²) in [6.07, 6.45) is 2.06. The van der Waals surface area contributed by atoms with Gasteiger partial charge >= 0.3 is 0 Å². The van der Waals surface area contributed by atoms with Crippen molar-refractivity contribution in [3.63, 3.8) is 0 Å². The van der Waals surface area contributed by atoms with Crippen LogP contribution in [-0.2, 0) is 19.4 Å². The van der Waals surface area contributed by atoms with E-state index < -0.39 is 9.84 Å². The normalized spacial score (nSPS) is 15.0. The summed E-state index contributed by atoms with van der Waals surface area (Å²) >= 11 is 0. The molecule has 6 heteroatoms. The van der Waals surface area contributed by atoms with E-state index in [0.717, 1.165) is 13.0 Å². The molecular weight excluding hydrogens is 326 g/mol. The van der Waals surface area contributed by atoms with Crippen LogP contribution in [0.15, 0.2) is 0 Å². The minimum atomic E-state index is -3.10. The average Bonchev–Trinajstić information content (AvgIpc) is 2.46. The van der Waals surface area contributed by atoms with E-state index in [1.165, 1.54) is 0 Å². The Morgan fingerprint density at radius 1 is 1.00 bits per heavy atom. The summed E-state index contributed by atoms with van der Waals surface area (Å²) in [4.78, 5) is 13.7. The number of rotatable bonds is 14. The first kappa shape index (κ1) is 23.5. The maximum atomic E-state index is 12.1. The van der Waals surface area contributed by atoms with Gasteiger partial charge in [-0.3, -0.25) is 4.79 Å². The maximum Gasteiger partial charge on any atom is 0.150 e. The van der Waals surface area contributed by atoms with Gasteiger partial charge in [0.05, 0.1) is 18.1 Å². The summed E-state index contributed by atoms with van der Waals surface area (Å²) in [5, 5.41) is 0. The number of carbonyl (C=O) groups excluding carboxylic acids is 1. The highest BCUT2D eigenvalue weighted by Crippen LogP contribution is 2.11. The van der Waals surface area contributed by atoms with Gasteiger partial charge in [0.25, 0.3) is 0 Å². The van der Waals surface area contributed by atoms with Gasteiger partial charge in [0.1, 0.15) is 15.6 Å². The molecule has 0 aliphatic carbocycles. The zero-order chi connectivity index (χ0) is 18.8. The molecule has 0 rings (SSSR count). The van der Waals surface area contributed by atoms with Crippen LogP contribution in [-0.4, -0.2) is 64.5 Å². The van der Waals surface area contributed by atoms with Crippen molar-refractivity contribution < 1.29 is 17.9 Å². The Morgan fingerprint density at radius 3 is 2.12 bits per heavy atom. The Bertz CT molecular complexity index is 446. The highest BCUT2D eigenvalue weighted by atomic mass is 32.2. The Kier molecular flexibility index (Phi) is 11.8. The van der Waals surface area contributed by atoms with Gasteiger partial charge in [-0.25, -0.2) is 8.42 Å². The number of likely N-dealkylation sites (N-methyl/N-ethyl adjacent to an activating group) is 1. The molecule has 0 saturated carbocycles. The van der Waals surface area contributed by atoms with Crippen LogP contribution in [0.3, 0.4) is 0 Å². The van der Waals surface area contributed by atoms with Gasteiger partial charge in [-0.1, -0.05) is 27.7 Å². The second-order valence-corrected chi connectivity index (χ2v) is 10.0. The number of hydrogen-bond acceptors (Lipinski definition) is 5. The monoisotopic (exact) mass is 363 g/mol. The molecule has 0 aromatic heterocycles. The topological polar surface area (TPSA) is 63.7 Å². The molecule has 0 fully saturated rings. The number of hydrogen-bond donors (Lipinski definition) is 0. The quantitative estimate of drug-likeness (QED) is 0.444. The number of nitrogens with zero attached hydrogens (tertiary/aromatic N) is 1. The first-order valence-electron chi connectivity index (χ1n) is 8.99. The summed E-state index contributed by atoms with van der Waals surface area (Å²) in [5.74, 6) is 1.02. The SMILES string of the molecule is CC(C)CCOCC(C)CCS(=O)(=O)CCC(C)C(=O)CN(C)C. The summed E-state index contributed by atoms with van der Waals surface area (Å²) in [5.41, 5.74) is 0. The lowest BCUT2D eigenvalue weighted by Gasteiger charge is -2.15. The highest BCUT2D eigenvalue weighted by molar-refractivity contribution is 7.91. The third kappa shape index (κ3) is 12.9. The van der Waals surface area contributed by atoms with E-state index in [-0.39, 0.29) is 29.1 Å². The first-order valence-corrected chi connectivity index (χ1v) is 10.8. The average molecular weight is 364 g/mol. The van der Waals surface area contributed by atoms with Crippen molar-refractivity contribution in [1.82, 2.24) is 4.90 Å². The van der Waals surface area contributed by atoms with Crippen LogP contribution < -0.4 is 0 Å². The summed E-state index contributed by atoms with van der Waals surface area (Å²) in [6.45, 7) is 9.86. The first-order chi connectivity index (χ1) is 11.0. The van der Waals surface area contributed by atoms with Gasteiger partial charge < -0.3 is 9.64 Å². The molecule has 0 aromatic rings. The van der Waals surface area contributed by atoms with E-state index in [4.69, 9.17) is 4.74 Å². The Balaban J connectivity index is 4.02. The van der Waals surface area contributed by atoms with E-state index in [9.17, 15) is 13.2 Å². The fraction of sp³-hybridized carbons (Fsp3) is 0.944. The van der Waals surface area contributed by atoms with Crippen molar-refractivity contribution in [2.45, 2.75) is 47.0 Å². The zero-order valence-corrected chi connectivity index (χ0v) is 17.2. The molecule has 0 aliphatic rings. The minimum Gasteiger partial charge on any atom is -0.381 e. The molecule has 24 heavy (non-hydrogen) atoms. The van der Waals surface area contributed by atoms with Crippen LogP contribution in [0, 0.1) is 17.8 Å². The van der Waals surface area contributed by atoms with E-state index in [1.807, 2.05) is 32.8 Å². The van der Waals surface area contributed by atoms with Crippen molar-refractivity contribution in [2.24, 2.45) is 17.8 Å². The highest BCUT2D eigenvalue weighted by Gasteiger charge is 2.19. The van der Waals surface area contributed by atoms with E-state index in [1.54, 1.807) is 0 Å². The van der Waals surface area contributed by atoms with Crippen LogP contribution in [0.5, 0.6) is 0 Å². The number of sulfone groups is 1. The minimum absolute atomic E-state index is 0.0915. The molecule has 2 unspecified atom stereocenters. The van der Waals surface area contributed by atoms with Crippen LogP contribution in [0.25, 0.3) is 0 Å². The molecule has 0 heterocycles. The zero-order valence-electron chi connectivity index (χ0n) is 16.4. The van der Waals surface area contributed by atoms with E-state index in [0.29, 0.717) is 31.9 Å². The molecule has 5 nitrogen and oxygen atoms in total. The van der Waals surface area contributed by atoms with Crippen LogP contribution in [0.1, 0.15) is 47.0 Å². The fourth-order valence-electron chi connectivity index (χ4n) is 2.15. The molecule has 0 aliphatic heterocycles. The van der Waals surface area contributed by atoms with Gasteiger partial charge in [-0.05, 0) is 45.2 Å². The van der Waals surface area contributed by atoms with Crippen molar-refractivity contribution in [3.8, 4) is 0 Å². The number of ether oxygens (including phenoxy) is 1. The van der Waals surface area contributed by atoms with Gasteiger partial charge in [0, 0.05) is 19.1 Å². The van der Waals surface area contributed by atoms with Crippen molar-refractivity contribution in [3.05, 3.63) is 0 Å². The third-order valence-corrected chi connectivity index (χ3v) is 5.76. The largest absolute Gasteiger partial charge is 0.381 e. The summed E-state index contributed by atoms with van der Waals surface area (Å²) < 4.78 is 29.9. The lowest BCUT2D eigenvalue weighted by atomic mass is 10.0. The molecule has 0 amide bonds. The number of carbonyl (C=O) groups is 1. The second-order valence-electron chi connectivity index (χ2n) is 7.70. The fourth-order valence-corrected chi connectivity index (χ4v) is 3.83. The molecule has 0 saturated heterocycles. The van der Waals surface area contributed by atoms with Crippen molar-refractivity contribution in [2.75, 3.05) is 45.4 Å². The van der Waals surface area contributed by atoms with Gasteiger partial charge in [-0.15, -0.1) is 0 Å². The molecule has 0 N–H and O–H groups in total. The molecule has 144 valence electrons. The molecule has 0 aromatic carbocycles. The number of ketones is 1. The Hall–Kier alpha value is -0.460. The van der Waals surface area contributed by atoms with Gasteiger partial charge in [0.15, 0.2) is 0 Å². The van der Waals surface area contributed by atoms with Gasteiger partial charge in [0.2, 0.25) is 0 Å². The molecule has 2 atom stereocenters. The standard InChI is InChI=1S/C18H37NO4S/c1-15(2)7-10-23-14-16(3)8-11-24(21,22)12-9-17(4)18(20)13-19(5)6/h15-17H,7-14H2,1-6H3. The van der Waals surface area contributed by atoms with Gasteiger partial charge in [-0.2, -0.15) is 0 Å². The summed E-state index contributed by atoms with van der Waals surface area (Å²) in [7, 11) is 0.579. The van der Waals surface area contributed by atoms with Crippen molar-refractivity contribution >= 4 is 15.6 Å². The van der Waals surface area contributed by atoms with E-state index >= 15 is 0 Å². The molecular formula is C18H37NO4S.